The highest BCUT2D eigenvalue weighted by atomic mass is 32.1. The quantitative estimate of drug-likeness (QED) is 0.494. The molecule has 2 N–H and O–H groups in total. The van der Waals surface area contributed by atoms with Crippen LogP contribution in [0.4, 0.5) is 4.79 Å². The van der Waals surface area contributed by atoms with Crippen molar-refractivity contribution in [2.45, 2.75) is 39.8 Å². The van der Waals surface area contributed by atoms with Gasteiger partial charge in [0.15, 0.2) is 5.65 Å². The van der Waals surface area contributed by atoms with Gasteiger partial charge in [-0.15, -0.1) is 11.3 Å². The molecule has 4 rings (SSSR count). The first-order valence-electron chi connectivity index (χ1n) is 10.8. The van der Waals surface area contributed by atoms with Crippen LogP contribution in [-0.4, -0.2) is 45.9 Å². The predicted molar refractivity (Wildman–Crippen MR) is 125 cm³/mol. The largest absolute Gasteiger partial charge is 0.463 e. The summed E-state index contributed by atoms with van der Waals surface area (Å²) in [7, 11) is 0. The van der Waals surface area contributed by atoms with Crippen LogP contribution in [0.25, 0.3) is 11.0 Å². The Kier molecular flexibility index (Phi) is 6.64. The van der Waals surface area contributed by atoms with Crippen LogP contribution in [0.1, 0.15) is 53.8 Å². The van der Waals surface area contributed by atoms with E-state index in [4.69, 9.17) is 9.47 Å². The minimum atomic E-state index is -0.708. The number of nitrogens with one attached hydrogen (secondary N) is 2. The smallest absolute Gasteiger partial charge is 0.339 e. The fraction of sp³-hybridized carbons (Fsp3) is 0.348. The average molecular weight is 484 g/mol. The van der Waals surface area contributed by atoms with Crippen LogP contribution in [0, 0.1) is 6.92 Å². The van der Waals surface area contributed by atoms with Crippen molar-refractivity contribution in [3.8, 4) is 0 Å². The molecule has 4 heterocycles. The van der Waals surface area contributed by atoms with Crippen LogP contribution in [0.5, 0.6) is 0 Å². The van der Waals surface area contributed by atoms with Gasteiger partial charge in [-0.05, 0) is 45.2 Å². The zero-order valence-electron chi connectivity index (χ0n) is 19.2. The number of ether oxygens (including phenoxy) is 2. The predicted octanol–water partition coefficient (Wildman–Crippen LogP) is 3.41. The van der Waals surface area contributed by atoms with Crippen molar-refractivity contribution in [2.24, 2.45) is 0 Å². The molecule has 11 heteroatoms. The van der Waals surface area contributed by atoms with Gasteiger partial charge in [0, 0.05) is 16.6 Å². The fourth-order valence-corrected chi connectivity index (χ4v) is 4.54. The van der Waals surface area contributed by atoms with E-state index < -0.39 is 24.0 Å². The van der Waals surface area contributed by atoms with Crippen molar-refractivity contribution in [1.29, 1.82) is 0 Å². The number of pyridine rings is 1. The molecule has 10 nitrogen and oxygen atoms in total. The number of hydrogen-bond acceptors (Lipinski definition) is 8. The van der Waals surface area contributed by atoms with Gasteiger partial charge in [-0.3, -0.25) is 0 Å². The molecule has 2 amide bonds. The average Bonchev–Trinajstić information content (AvgIpc) is 3.46. The van der Waals surface area contributed by atoms with Crippen LogP contribution in [0.2, 0.25) is 0 Å². The highest BCUT2D eigenvalue weighted by Gasteiger charge is 2.35. The lowest BCUT2D eigenvalue weighted by atomic mass is 10.0. The second-order valence-electron chi connectivity index (χ2n) is 7.97. The number of amides is 2. The first-order chi connectivity index (χ1) is 16.3. The minimum absolute atomic E-state index is 0.0621. The maximum absolute atomic E-state index is 13.1. The van der Waals surface area contributed by atoms with Crippen molar-refractivity contribution in [2.75, 3.05) is 13.2 Å². The summed E-state index contributed by atoms with van der Waals surface area (Å²) in [5.41, 5.74) is 1.90. The van der Waals surface area contributed by atoms with Crippen molar-refractivity contribution in [3.05, 3.63) is 57.2 Å². The Morgan fingerprint density at radius 2 is 2.06 bits per heavy atom. The summed E-state index contributed by atoms with van der Waals surface area (Å²) in [4.78, 5) is 43.5. The zero-order chi connectivity index (χ0) is 24.4. The van der Waals surface area contributed by atoms with E-state index in [9.17, 15) is 14.4 Å². The van der Waals surface area contributed by atoms with E-state index in [1.54, 1.807) is 30.8 Å². The molecule has 0 radical (unpaired) electrons. The van der Waals surface area contributed by atoms with Gasteiger partial charge in [-0.1, -0.05) is 6.07 Å². The molecular formula is C23H25N5O5S. The Hall–Kier alpha value is -3.73. The summed E-state index contributed by atoms with van der Waals surface area (Å²) in [6, 6.07) is 4.12. The van der Waals surface area contributed by atoms with E-state index in [-0.39, 0.29) is 30.5 Å². The van der Waals surface area contributed by atoms with Crippen LogP contribution in [-0.2, 0) is 14.3 Å². The van der Waals surface area contributed by atoms with E-state index in [1.165, 1.54) is 11.3 Å². The number of aryl methyl sites for hydroxylation is 1. The molecule has 0 aliphatic carbocycles. The molecule has 0 aromatic carbocycles. The summed E-state index contributed by atoms with van der Waals surface area (Å²) in [6.07, 6.45) is 1.58. The molecule has 3 aromatic rings. The molecule has 0 unspecified atom stereocenters. The third-order valence-electron chi connectivity index (χ3n) is 5.23. The van der Waals surface area contributed by atoms with Gasteiger partial charge >= 0.3 is 18.0 Å². The van der Waals surface area contributed by atoms with Gasteiger partial charge in [-0.25, -0.2) is 24.0 Å². The number of urea groups is 1. The molecule has 1 aliphatic rings. The maximum atomic E-state index is 13.1. The highest BCUT2D eigenvalue weighted by Crippen LogP contribution is 2.31. The molecule has 1 aliphatic heterocycles. The lowest BCUT2D eigenvalue weighted by Crippen LogP contribution is -2.46. The number of thiophene rings is 1. The van der Waals surface area contributed by atoms with Gasteiger partial charge in [0.1, 0.15) is 6.61 Å². The number of rotatable bonds is 7. The van der Waals surface area contributed by atoms with Crippen molar-refractivity contribution in [3.63, 3.8) is 0 Å². The Bertz CT molecular complexity index is 1280. The topological polar surface area (TPSA) is 124 Å². The van der Waals surface area contributed by atoms with Crippen LogP contribution in [0.15, 0.2) is 41.0 Å². The number of carbonyl (C=O) groups excluding carboxylic acids is 3. The number of esters is 2. The number of carbonyl (C=O) groups is 3. The molecule has 178 valence electrons. The maximum Gasteiger partial charge on any atom is 0.339 e. The fourth-order valence-electron chi connectivity index (χ4n) is 3.76. The summed E-state index contributed by atoms with van der Waals surface area (Å²) in [5, 5.41) is 12.1. The van der Waals surface area contributed by atoms with E-state index in [0.29, 0.717) is 22.3 Å². The van der Waals surface area contributed by atoms with Gasteiger partial charge in [0.05, 0.1) is 41.1 Å². The standard InChI is InChI=1S/C23H25N5O5S/c1-5-32-22(30)18-16(26-23(31)27-19(18)17-7-6-8-34-17)11-33-21(29)14-9-13(4)25-20-15(14)10-24-28(20)12(2)3/h6-10,12,19H,5,11H2,1-4H3,(H2,26,27,31)/t19-/m1/s1. The summed E-state index contributed by atoms with van der Waals surface area (Å²) >= 11 is 1.39. The number of hydrogen-bond donors (Lipinski definition) is 2. The number of aromatic nitrogens is 3. The Labute approximate surface area is 199 Å². The summed E-state index contributed by atoms with van der Waals surface area (Å²) < 4.78 is 12.5. The zero-order valence-corrected chi connectivity index (χ0v) is 20.1. The number of fused-ring (bicyclic) bond motifs is 1. The number of nitrogens with zero attached hydrogens (tertiary/aromatic N) is 3. The third-order valence-corrected chi connectivity index (χ3v) is 6.17. The van der Waals surface area contributed by atoms with Crippen LogP contribution < -0.4 is 10.6 Å². The molecule has 1 atom stereocenters. The SMILES string of the molecule is CCOC(=O)C1=C(COC(=O)c2cc(C)nc3c2cnn3C(C)C)NC(=O)N[C@@H]1c1cccs1. The van der Waals surface area contributed by atoms with E-state index in [2.05, 4.69) is 20.7 Å². The molecule has 0 bridgehead atoms. The molecule has 3 aromatic heterocycles. The Morgan fingerprint density at radius 1 is 1.26 bits per heavy atom. The van der Waals surface area contributed by atoms with E-state index >= 15 is 0 Å². The summed E-state index contributed by atoms with van der Waals surface area (Å²) in [6.45, 7) is 7.27. The third kappa shape index (κ3) is 4.51. The first-order valence-corrected chi connectivity index (χ1v) is 11.7. The summed E-state index contributed by atoms with van der Waals surface area (Å²) in [5.74, 6) is -1.21. The van der Waals surface area contributed by atoms with Crippen molar-refractivity contribution < 1.29 is 23.9 Å². The normalized spacial score (nSPS) is 15.9. The Balaban J connectivity index is 1.67. The highest BCUT2D eigenvalue weighted by molar-refractivity contribution is 7.10. The minimum Gasteiger partial charge on any atom is -0.463 e. The van der Waals surface area contributed by atoms with Gasteiger partial charge < -0.3 is 20.1 Å². The van der Waals surface area contributed by atoms with Gasteiger partial charge in [0.25, 0.3) is 0 Å². The van der Waals surface area contributed by atoms with Crippen molar-refractivity contribution >= 4 is 40.3 Å². The van der Waals surface area contributed by atoms with E-state index in [0.717, 1.165) is 4.88 Å². The van der Waals surface area contributed by atoms with Crippen LogP contribution >= 0.6 is 11.3 Å². The molecule has 0 fully saturated rings. The molecule has 0 saturated carbocycles. The van der Waals surface area contributed by atoms with Gasteiger partial charge in [0.2, 0.25) is 0 Å². The monoisotopic (exact) mass is 483 g/mol. The van der Waals surface area contributed by atoms with Gasteiger partial charge in [-0.2, -0.15) is 5.10 Å². The van der Waals surface area contributed by atoms with Crippen LogP contribution in [0.3, 0.4) is 0 Å². The molecule has 0 spiro atoms. The molecule has 0 saturated heterocycles. The lowest BCUT2D eigenvalue weighted by Gasteiger charge is -2.28. The second-order valence-corrected chi connectivity index (χ2v) is 8.95. The Morgan fingerprint density at radius 3 is 2.74 bits per heavy atom. The second kappa shape index (κ2) is 9.64. The molecular weight excluding hydrogens is 458 g/mol. The van der Waals surface area contributed by atoms with Crippen molar-refractivity contribution in [1.82, 2.24) is 25.4 Å². The first kappa shape index (κ1) is 23.4. The van der Waals surface area contributed by atoms with E-state index in [1.807, 2.05) is 31.4 Å². The molecule has 34 heavy (non-hydrogen) atoms. The lowest BCUT2D eigenvalue weighted by molar-refractivity contribution is -0.139.